The van der Waals surface area contributed by atoms with Crippen LogP contribution in [-0.2, 0) is 16.0 Å². The molecule has 0 radical (unpaired) electrons. The molecule has 1 N–H and O–H groups in total. The first-order valence-electron chi connectivity index (χ1n) is 9.42. The number of hydrogen-bond acceptors (Lipinski definition) is 3. The van der Waals surface area contributed by atoms with Gasteiger partial charge in [-0.05, 0) is 71.7 Å². The van der Waals surface area contributed by atoms with Crippen LogP contribution in [0, 0.1) is 0 Å². The molecule has 1 aliphatic rings. The van der Waals surface area contributed by atoms with Crippen molar-refractivity contribution >= 4 is 72.8 Å². The maximum atomic E-state index is 13.2. The molecule has 3 aromatic carbocycles. The van der Waals surface area contributed by atoms with Gasteiger partial charge in [0.1, 0.15) is 5.57 Å². The molecule has 3 aromatic rings. The third-order valence-corrected chi connectivity index (χ3v) is 6.41. The van der Waals surface area contributed by atoms with E-state index in [1.807, 2.05) is 60.7 Å². The predicted molar refractivity (Wildman–Crippen MR) is 134 cm³/mol. The Hall–Kier alpha value is -2.61. The molecule has 1 aliphatic heterocycles. The standard InChI is InChI=1S/C24H16Br2N2O2S/c25-18-11-10-15(12-16-6-4-5-9-21(16)26)17(13-18)14-20-22(29)27-24(31)28(23(20)30)19-7-2-1-3-8-19/h1-11,13-14H,12H2,(H,27,29,31)/b20-14-. The fourth-order valence-corrected chi connectivity index (χ4v) is 4.42. The fraction of sp³-hybridized carbons (Fsp3) is 0.0417. The highest BCUT2D eigenvalue weighted by Gasteiger charge is 2.34. The van der Waals surface area contributed by atoms with Crippen molar-refractivity contribution in [2.24, 2.45) is 0 Å². The second kappa shape index (κ2) is 9.26. The van der Waals surface area contributed by atoms with E-state index in [1.165, 1.54) is 4.90 Å². The molecule has 154 valence electrons. The molecule has 0 unspecified atom stereocenters. The molecule has 0 atom stereocenters. The van der Waals surface area contributed by atoms with Gasteiger partial charge in [0.2, 0.25) is 0 Å². The summed E-state index contributed by atoms with van der Waals surface area (Å²) in [7, 11) is 0. The Kier molecular flexibility index (Phi) is 6.46. The number of hydrogen-bond donors (Lipinski definition) is 1. The molecule has 1 saturated heterocycles. The van der Waals surface area contributed by atoms with Crippen molar-refractivity contribution in [2.75, 3.05) is 4.90 Å². The molecular formula is C24H16Br2N2O2S. The normalized spacial score (nSPS) is 15.4. The van der Waals surface area contributed by atoms with Crippen molar-refractivity contribution in [1.82, 2.24) is 5.32 Å². The SMILES string of the molecule is O=C1NC(=S)N(c2ccccc2)C(=O)/C1=C\c1cc(Br)ccc1Cc1ccccc1Br. The Morgan fingerprint density at radius 2 is 1.61 bits per heavy atom. The minimum Gasteiger partial charge on any atom is -0.298 e. The van der Waals surface area contributed by atoms with E-state index in [0.717, 1.165) is 25.6 Å². The van der Waals surface area contributed by atoms with Crippen molar-refractivity contribution in [3.8, 4) is 0 Å². The van der Waals surface area contributed by atoms with Crippen LogP contribution in [0.2, 0.25) is 0 Å². The van der Waals surface area contributed by atoms with E-state index in [9.17, 15) is 9.59 Å². The van der Waals surface area contributed by atoms with Crippen molar-refractivity contribution in [3.05, 3.63) is 104 Å². The molecule has 4 nitrogen and oxygen atoms in total. The van der Waals surface area contributed by atoms with Crippen molar-refractivity contribution in [3.63, 3.8) is 0 Å². The summed E-state index contributed by atoms with van der Waals surface area (Å²) in [5.74, 6) is -0.958. The molecule has 0 bridgehead atoms. The molecule has 0 aliphatic carbocycles. The van der Waals surface area contributed by atoms with Gasteiger partial charge in [-0.1, -0.05) is 74.3 Å². The maximum absolute atomic E-state index is 13.2. The molecule has 7 heteroatoms. The highest BCUT2D eigenvalue weighted by atomic mass is 79.9. The summed E-state index contributed by atoms with van der Waals surface area (Å²) < 4.78 is 1.86. The number of para-hydroxylation sites is 1. The number of halogens is 2. The van der Waals surface area contributed by atoms with Crippen LogP contribution in [0.3, 0.4) is 0 Å². The lowest BCUT2D eigenvalue weighted by Crippen LogP contribution is -2.54. The summed E-state index contributed by atoms with van der Waals surface area (Å²) in [5.41, 5.74) is 3.51. The van der Waals surface area contributed by atoms with Crippen LogP contribution >= 0.6 is 44.1 Å². The first-order chi connectivity index (χ1) is 14.9. The highest BCUT2D eigenvalue weighted by molar-refractivity contribution is 9.10. The number of benzene rings is 3. The number of thiocarbonyl (C=S) groups is 1. The Balaban J connectivity index is 1.75. The summed E-state index contributed by atoms with van der Waals surface area (Å²) in [5, 5.41) is 2.70. The van der Waals surface area contributed by atoms with Gasteiger partial charge in [0, 0.05) is 8.95 Å². The number of anilines is 1. The van der Waals surface area contributed by atoms with Gasteiger partial charge in [-0.15, -0.1) is 0 Å². The average molecular weight is 556 g/mol. The lowest BCUT2D eigenvalue weighted by Gasteiger charge is -2.29. The third kappa shape index (κ3) is 4.69. The zero-order valence-electron chi connectivity index (χ0n) is 16.1. The van der Waals surface area contributed by atoms with Crippen LogP contribution in [0.15, 0.2) is 87.3 Å². The Morgan fingerprint density at radius 1 is 0.903 bits per heavy atom. The van der Waals surface area contributed by atoms with E-state index in [2.05, 4.69) is 37.2 Å². The fourth-order valence-electron chi connectivity index (χ4n) is 3.33. The van der Waals surface area contributed by atoms with Crippen molar-refractivity contribution in [2.45, 2.75) is 6.42 Å². The van der Waals surface area contributed by atoms with Crippen LogP contribution in [0.5, 0.6) is 0 Å². The van der Waals surface area contributed by atoms with Crippen LogP contribution in [0.1, 0.15) is 16.7 Å². The monoisotopic (exact) mass is 554 g/mol. The van der Waals surface area contributed by atoms with Crippen LogP contribution in [0.25, 0.3) is 6.08 Å². The van der Waals surface area contributed by atoms with Gasteiger partial charge < -0.3 is 0 Å². The average Bonchev–Trinajstić information content (AvgIpc) is 2.75. The molecule has 1 heterocycles. The number of nitrogens with zero attached hydrogens (tertiary/aromatic N) is 1. The molecule has 31 heavy (non-hydrogen) atoms. The largest absolute Gasteiger partial charge is 0.298 e. The van der Waals surface area contributed by atoms with E-state index >= 15 is 0 Å². The zero-order chi connectivity index (χ0) is 22.0. The van der Waals surface area contributed by atoms with Crippen LogP contribution < -0.4 is 10.2 Å². The molecule has 0 aromatic heterocycles. The highest BCUT2D eigenvalue weighted by Crippen LogP contribution is 2.27. The van der Waals surface area contributed by atoms with E-state index in [-0.39, 0.29) is 10.7 Å². The minimum atomic E-state index is -0.506. The van der Waals surface area contributed by atoms with Gasteiger partial charge in [-0.25, -0.2) is 0 Å². The van der Waals surface area contributed by atoms with E-state index in [1.54, 1.807) is 18.2 Å². The summed E-state index contributed by atoms with van der Waals surface area (Å²) in [6, 6.07) is 22.8. The molecule has 0 saturated carbocycles. The first kappa shape index (κ1) is 21.6. The number of amides is 2. The maximum Gasteiger partial charge on any atom is 0.270 e. The van der Waals surface area contributed by atoms with Gasteiger partial charge in [-0.3, -0.25) is 19.8 Å². The predicted octanol–water partition coefficient (Wildman–Crippen LogP) is 5.63. The van der Waals surface area contributed by atoms with Gasteiger partial charge in [-0.2, -0.15) is 0 Å². The Bertz CT molecular complexity index is 1230. The summed E-state index contributed by atoms with van der Waals surface area (Å²) in [6.45, 7) is 0. The van der Waals surface area contributed by atoms with E-state index in [4.69, 9.17) is 12.2 Å². The van der Waals surface area contributed by atoms with E-state index < -0.39 is 11.8 Å². The summed E-state index contributed by atoms with van der Waals surface area (Å²) in [6.07, 6.45) is 2.27. The lowest BCUT2D eigenvalue weighted by molar-refractivity contribution is -0.122. The lowest BCUT2D eigenvalue weighted by atomic mass is 9.97. The molecule has 4 rings (SSSR count). The quantitative estimate of drug-likeness (QED) is 0.258. The van der Waals surface area contributed by atoms with Gasteiger partial charge in [0.25, 0.3) is 11.8 Å². The summed E-state index contributed by atoms with van der Waals surface area (Å²) >= 11 is 12.3. The van der Waals surface area contributed by atoms with Crippen molar-refractivity contribution in [1.29, 1.82) is 0 Å². The second-order valence-electron chi connectivity index (χ2n) is 6.90. The molecule has 2 amide bonds. The molecular weight excluding hydrogens is 540 g/mol. The number of rotatable bonds is 4. The molecule has 0 spiro atoms. The van der Waals surface area contributed by atoms with Crippen molar-refractivity contribution < 1.29 is 9.59 Å². The topological polar surface area (TPSA) is 49.4 Å². The minimum absolute atomic E-state index is 0.0314. The number of carbonyl (C=O) groups is 2. The van der Waals surface area contributed by atoms with Gasteiger partial charge >= 0.3 is 0 Å². The van der Waals surface area contributed by atoms with Crippen LogP contribution in [-0.4, -0.2) is 16.9 Å². The van der Waals surface area contributed by atoms with Gasteiger partial charge in [0.05, 0.1) is 5.69 Å². The smallest absolute Gasteiger partial charge is 0.270 e. The number of nitrogens with one attached hydrogen (secondary N) is 1. The number of carbonyl (C=O) groups excluding carboxylic acids is 2. The first-order valence-corrected chi connectivity index (χ1v) is 11.4. The van der Waals surface area contributed by atoms with Gasteiger partial charge in [0.15, 0.2) is 5.11 Å². The Morgan fingerprint density at radius 3 is 2.35 bits per heavy atom. The second-order valence-corrected chi connectivity index (χ2v) is 9.06. The third-order valence-electron chi connectivity index (χ3n) is 4.86. The zero-order valence-corrected chi connectivity index (χ0v) is 20.1. The Labute approximate surface area is 202 Å². The van der Waals surface area contributed by atoms with E-state index in [0.29, 0.717) is 12.1 Å². The molecule has 1 fully saturated rings. The summed E-state index contributed by atoms with van der Waals surface area (Å²) in [4.78, 5) is 27.3. The van der Waals surface area contributed by atoms with Crippen LogP contribution in [0.4, 0.5) is 5.69 Å².